The maximum Gasteiger partial charge on any atom is 0.335 e. The molecule has 2 rings (SSSR count). The van der Waals surface area contributed by atoms with Crippen LogP contribution in [0.4, 0.5) is 13.2 Å². The van der Waals surface area contributed by atoms with Crippen LogP contribution in [0.3, 0.4) is 0 Å². The number of rotatable bonds is 2. The second-order valence-corrected chi connectivity index (χ2v) is 4.98. The van der Waals surface area contributed by atoms with Crippen molar-refractivity contribution >= 4 is 35.2 Å². The Labute approximate surface area is 128 Å². The van der Waals surface area contributed by atoms with Crippen LogP contribution < -0.4 is 4.74 Å². The molecule has 1 aromatic rings. The third-order valence-corrected chi connectivity index (χ3v) is 3.32. The summed E-state index contributed by atoms with van der Waals surface area (Å²) in [5, 5.41) is 9.31. The average Bonchev–Trinajstić information content (AvgIpc) is 2.40. The first-order valence-electron chi connectivity index (χ1n) is 5.56. The molecule has 1 aromatic carbocycles. The number of hydrogen-bond acceptors (Lipinski definition) is 2. The van der Waals surface area contributed by atoms with Crippen molar-refractivity contribution in [1.82, 2.24) is 0 Å². The second kappa shape index (κ2) is 6.58. The van der Waals surface area contributed by atoms with Crippen molar-refractivity contribution in [3.05, 3.63) is 33.3 Å². The van der Waals surface area contributed by atoms with E-state index in [2.05, 4.69) is 0 Å². The van der Waals surface area contributed by atoms with Gasteiger partial charge in [-0.15, -0.1) is 0 Å². The van der Waals surface area contributed by atoms with Crippen LogP contribution in [0.15, 0.2) is 17.7 Å². The molecule has 3 nitrogen and oxygen atoms in total. The number of alkyl halides is 3. The molecule has 0 spiro atoms. The van der Waals surface area contributed by atoms with Crippen molar-refractivity contribution in [3.63, 3.8) is 0 Å². The molecule has 0 saturated carbocycles. The molecule has 1 unspecified atom stereocenters. The van der Waals surface area contributed by atoms with Crippen molar-refractivity contribution in [2.24, 2.45) is 0 Å². The fraction of sp³-hybridized carbons (Fsp3) is 0.308. The minimum atomic E-state index is -3.34. The average molecular weight is 343 g/mol. The van der Waals surface area contributed by atoms with E-state index in [9.17, 15) is 18.0 Å². The van der Waals surface area contributed by atoms with Crippen molar-refractivity contribution in [2.75, 3.05) is 7.18 Å². The highest BCUT2D eigenvalue weighted by Crippen LogP contribution is 2.39. The standard InChI is InChI=1S/C12H8Cl2F2O3.CH3F/c1-12(15,16)10-6(11(17)18)2-5-3-7(13)8(14)4-9(5)19-10;1-2/h2-4,10H,1H3,(H,17,18);1H3. The van der Waals surface area contributed by atoms with E-state index >= 15 is 0 Å². The largest absolute Gasteiger partial charge is 0.478 e. The van der Waals surface area contributed by atoms with Gasteiger partial charge in [0.15, 0.2) is 6.10 Å². The van der Waals surface area contributed by atoms with E-state index in [-0.39, 0.29) is 15.8 Å². The summed E-state index contributed by atoms with van der Waals surface area (Å²) in [5.74, 6) is -4.73. The van der Waals surface area contributed by atoms with Crippen molar-refractivity contribution < 1.29 is 27.8 Å². The molecule has 1 N–H and O–H groups in total. The summed E-state index contributed by atoms with van der Waals surface area (Å²) in [6.45, 7) is 0.594. The third-order valence-electron chi connectivity index (χ3n) is 2.60. The number of ether oxygens (including phenoxy) is 1. The lowest BCUT2D eigenvalue weighted by atomic mass is 9.98. The van der Waals surface area contributed by atoms with Crippen LogP contribution in [0, 0.1) is 0 Å². The minimum Gasteiger partial charge on any atom is -0.478 e. The Kier molecular flexibility index (Phi) is 5.53. The number of fused-ring (bicyclic) bond motifs is 1. The molecule has 0 aromatic heterocycles. The molecule has 0 amide bonds. The second-order valence-electron chi connectivity index (χ2n) is 4.16. The summed E-state index contributed by atoms with van der Waals surface area (Å²) in [4.78, 5) is 11.0. The van der Waals surface area contributed by atoms with Crippen molar-refractivity contribution in [2.45, 2.75) is 19.0 Å². The highest BCUT2D eigenvalue weighted by Gasteiger charge is 2.44. The third kappa shape index (κ3) is 3.83. The lowest BCUT2D eigenvalue weighted by Gasteiger charge is -2.29. The van der Waals surface area contributed by atoms with Gasteiger partial charge in [-0.1, -0.05) is 23.2 Å². The minimum absolute atomic E-state index is 0.0749. The highest BCUT2D eigenvalue weighted by atomic mass is 35.5. The molecule has 1 heterocycles. The van der Waals surface area contributed by atoms with Gasteiger partial charge >= 0.3 is 5.97 Å². The molecule has 0 aliphatic carbocycles. The molecule has 0 fully saturated rings. The summed E-state index contributed by atoms with van der Waals surface area (Å²) >= 11 is 11.6. The molecule has 0 radical (unpaired) electrons. The molecule has 0 saturated heterocycles. The first-order valence-corrected chi connectivity index (χ1v) is 6.32. The van der Waals surface area contributed by atoms with Crippen molar-refractivity contribution in [3.8, 4) is 5.75 Å². The van der Waals surface area contributed by atoms with E-state index in [1.807, 2.05) is 0 Å². The van der Waals surface area contributed by atoms with Crippen LogP contribution in [0.2, 0.25) is 10.0 Å². The topological polar surface area (TPSA) is 46.5 Å². The van der Waals surface area contributed by atoms with E-state index in [1.54, 1.807) is 0 Å². The maximum atomic E-state index is 13.4. The van der Waals surface area contributed by atoms with Crippen LogP contribution in [0.5, 0.6) is 5.75 Å². The Hall–Kier alpha value is -1.40. The Morgan fingerprint density at radius 2 is 1.81 bits per heavy atom. The van der Waals surface area contributed by atoms with Gasteiger partial charge in [0, 0.05) is 18.6 Å². The Bertz CT molecular complexity index is 583. The van der Waals surface area contributed by atoms with Gasteiger partial charge in [-0.25, -0.2) is 13.6 Å². The molecule has 1 atom stereocenters. The van der Waals surface area contributed by atoms with Crippen LogP contribution in [-0.4, -0.2) is 30.3 Å². The molecular formula is C13H11Cl2F3O3. The summed E-state index contributed by atoms with van der Waals surface area (Å²) < 4.78 is 41.4. The van der Waals surface area contributed by atoms with Gasteiger partial charge in [0.1, 0.15) is 5.75 Å². The SMILES string of the molecule is CC(F)(F)C1Oc2cc(Cl)c(Cl)cc2C=C1C(=O)O.CF. The Morgan fingerprint density at radius 1 is 1.29 bits per heavy atom. The Morgan fingerprint density at radius 3 is 2.29 bits per heavy atom. The van der Waals surface area contributed by atoms with E-state index in [0.717, 1.165) is 6.08 Å². The Balaban J connectivity index is 0.00000106. The van der Waals surface area contributed by atoms with Gasteiger partial charge in [0.05, 0.1) is 22.8 Å². The smallest absolute Gasteiger partial charge is 0.335 e. The maximum absolute atomic E-state index is 13.4. The zero-order valence-electron chi connectivity index (χ0n) is 11.0. The fourth-order valence-electron chi connectivity index (χ4n) is 1.74. The van der Waals surface area contributed by atoms with Crippen LogP contribution in [-0.2, 0) is 4.79 Å². The van der Waals surface area contributed by atoms with Crippen LogP contribution >= 0.6 is 23.2 Å². The van der Waals surface area contributed by atoms with E-state index in [0.29, 0.717) is 19.7 Å². The molecule has 1 aliphatic heterocycles. The number of halogens is 5. The molecule has 1 aliphatic rings. The number of carboxylic acid groups (broad SMARTS) is 1. The predicted octanol–water partition coefficient (Wildman–Crippen LogP) is 4.46. The molecule has 21 heavy (non-hydrogen) atoms. The molecule has 8 heteroatoms. The number of aliphatic carboxylic acids is 1. The first kappa shape index (κ1) is 17.7. The monoisotopic (exact) mass is 342 g/mol. The molecular weight excluding hydrogens is 332 g/mol. The number of hydrogen-bond donors (Lipinski definition) is 1. The van der Waals surface area contributed by atoms with Gasteiger partial charge in [0.25, 0.3) is 5.92 Å². The van der Waals surface area contributed by atoms with Gasteiger partial charge < -0.3 is 9.84 Å². The molecule has 116 valence electrons. The van der Waals surface area contributed by atoms with Crippen LogP contribution in [0.1, 0.15) is 12.5 Å². The predicted molar refractivity (Wildman–Crippen MR) is 74.1 cm³/mol. The quantitative estimate of drug-likeness (QED) is 0.862. The lowest BCUT2D eigenvalue weighted by Crippen LogP contribution is -2.41. The van der Waals surface area contributed by atoms with Gasteiger partial charge in [-0.05, 0) is 12.1 Å². The van der Waals surface area contributed by atoms with Crippen molar-refractivity contribution in [1.29, 1.82) is 0 Å². The number of carbonyl (C=O) groups is 1. The zero-order chi connectivity index (χ0) is 16.4. The van der Waals surface area contributed by atoms with Crippen LogP contribution in [0.25, 0.3) is 6.08 Å². The summed E-state index contributed by atoms with van der Waals surface area (Å²) in [5.41, 5.74) is -0.231. The van der Waals surface area contributed by atoms with Gasteiger partial charge in [-0.3, -0.25) is 4.39 Å². The first-order chi connectivity index (χ1) is 9.70. The van der Waals surface area contributed by atoms with E-state index in [4.69, 9.17) is 33.0 Å². The zero-order valence-corrected chi connectivity index (χ0v) is 12.5. The van der Waals surface area contributed by atoms with E-state index in [1.165, 1.54) is 12.1 Å². The highest BCUT2D eigenvalue weighted by molar-refractivity contribution is 6.42. The fourth-order valence-corrected chi connectivity index (χ4v) is 2.07. The summed E-state index contributed by atoms with van der Waals surface area (Å²) in [6.07, 6.45) is -0.749. The normalized spacial score (nSPS) is 16.9. The summed E-state index contributed by atoms with van der Waals surface area (Å²) in [6, 6.07) is 2.65. The van der Waals surface area contributed by atoms with E-state index < -0.39 is 23.6 Å². The molecule has 0 bridgehead atoms. The lowest BCUT2D eigenvalue weighted by molar-refractivity contribution is -0.137. The number of benzene rings is 1. The van der Waals surface area contributed by atoms with Gasteiger partial charge in [0.2, 0.25) is 0 Å². The number of carboxylic acids is 1. The van der Waals surface area contributed by atoms with Gasteiger partial charge in [-0.2, -0.15) is 0 Å². The summed E-state index contributed by atoms with van der Waals surface area (Å²) in [7, 11) is 0.500.